The molecule has 1 amide bonds. The zero-order valence-corrected chi connectivity index (χ0v) is 17.9. The molecule has 3 aromatic rings. The number of halogens is 2. The van der Waals surface area contributed by atoms with Gasteiger partial charge in [0.05, 0.1) is 10.9 Å². The molecule has 1 fully saturated rings. The molecule has 0 bridgehead atoms. The molecule has 2 heterocycles. The molecule has 1 aliphatic heterocycles. The van der Waals surface area contributed by atoms with Gasteiger partial charge < -0.3 is 10.2 Å². The summed E-state index contributed by atoms with van der Waals surface area (Å²) in [4.78, 5) is 14.9. The summed E-state index contributed by atoms with van der Waals surface area (Å²) in [7, 11) is 0. The molecule has 1 aromatic heterocycles. The van der Waals surface area contributed by atoms with Gasteiger partial charge in [0.2, 0.25) is 11.9 Å². The maximum atomic E-state index is 13.4. The van der Waals surface area contributed by atoms with Crippen LogP contribution in [0.1, 0.15) is 26.2 Å². The van der Waals surface area contributed by atoms with Crippen molar-refractivity contribution in [1.29, 1.82) is 0 Å². The highest BCUT2D eigenvalue weighted by molar-refractivity contribution is 8.00. The molecule has 0 aliphatic carbocycles. The second kappa shape index (κ2) is 9.47. The summed E-state index contributed by atoms with van der Waals surface area (Å²) in [5.41, 5.74) is 1.12. The fourth-order valence-corrected chi connectivity index (χ4v) is 4.33. The molecule has 1 atom stereocenters. The van der Waals surface area contributed by atoms with E-state index in [0.717, 1.165) is 49.7 Å². The smallest absolute Gasteiger partial charge is 0.237 e. The monoisotopic (exact) mass is 443 g/mol. The van der Waals surface area contributed by atoms with Crippen LogP contribution < -0.4 is 10.2 Å². The number of amides is 1. The Morgan fingerprint density at radius 1 is 1.03 bits per heavy atom. The molecule has 6 nitrogen and oxygen atoms in total. The van der Waals surface area contributed by atoms with Crippen molar-refractivity contribution in [2.45, 2.75) is 36.6 Å². The van der Waals surface area contributed by atoms with Crippen LogP contribution in [0.4, 0.5) is 20.4 Å². The molecule has 1 N–H and O–H groups in total. The van der Waals surface area contributed by atoms with Crippen LogP contribution in [0, 0.1) is 11.6 Å². The Balaban J connectivity index is 1.56. The average Bonchev–Trinajstić information content (AvgIpc) is 3.21. The van der Waals surface area contributed by atoms with Crippen molar-refractivity contribution in [2.75, 3.05) is 23.3 Å². The zero-order chi connectivity index (χ0) is 21.8. The van der Waals surface area contributed by atoms with Crippen molar-refractivity contribution in [3.63, 3.8) is 0 Å². The van der Waals surface area contributed by atoms with Crippen LogP contribution >= 0.6 is 11.8 Å². The molecule has 1 unspecified atom stereocenters. The first-order chi connectivity index (χ1) is 15.0. The molecule has 0 spiro atoms. The van der Waals surface area contributed by atoms with Crippen LogP contribution in [0.3, 0.4) is 0 Å². The van der Waals surface area contributed by atoms with E-state index in [1.807, 2.05) is 34.9 Å². The molecular formula is C22H23F2N5OS. The van der Waals surface area contributed by atoms with Gasteiger partial charge in [-0.1, -0.05) is 30.0 Å². The van der Waals surface area contributed by atoms with E-state index in [2.05, 4.69) is 20.4 Å². The van der Waals surface area contributed by atoms with Gasteiger partial charge in [0.15, 0.2) is 16.8 Å². The lowest BCUT2D eigenvalue weighted by molar-refractivity contribution is -0.115. The molecule has 162 valence electrons. The number of nitrogens with one attached hydrogen (secondary N) is 1. The van der Waals surface area contributed by atoms with Crippen molar-refractivity contribution in [2.24, 2.45) is 0 Å². The molecule has 4 rings (SSSR count). The van der Waals surface area contributed by atoms with Gasteiger partial charge in [-0.2, -0.15) is 0 Å². The number of piperidine rings is 1. The van der Waals surface area contributed by atoms with E-state index in [0.29, 0.717) is 5.16 Å². The average molecular weight is 444 g/mol. The lowest BCUT2D eigenvalue weighted by atomic mass is 10.1. The van der Waals surface area contributed by atoms with Crippen molar-refractivity contribution in [3.05, 3.63) is 60.2 Å². The normalized spacial score (nSPS) is 15.0. The van der Waals surface area contributed by atoms with Crippen LogP contribution in [0.5, 0.6) is 0 Å². The molecule has 2 aromatic carbocycles. The molecule has 0 saturated carbocycles. The summed E-state index contributed by atoms with van der Waals surface area (Å²) in [5.74, 6) is -1.53. The Hall–Kier alpha value is -2.94. The van der Waals surface area contributed by atoms with Gasteiger partial charge in [-0.25, -0.2) is 8.78 Å². The molecule has 0 radical (unpaired) electrons. The summed E-state index contributed by atoms with van der Waals surface area (Å²) in [6.45, 7) is 3.58. The molecule has 1 saturated heterocycles. The van der Waals surface area contributed by atoms with Gasteiger partial charge in [0.1, 0.15) is 0 Å². The minimum Gasteiger partial charge on any atom is -0.341 e. The molecular weight excluding hydrogens is 420 g/mol. The van der Waals surface area contributed by atoms with Crippen LogP contribution in [-0.4, -0.2) is 39.0 Å². The fraction of sp³-hybridized carbons (Fsp3) is 0.318. The minimum atomic E-state index is -1.01. The van der Waals surface area contributed by atoms with Gasteiger partial charge in [0, 0.05) is 24.8 Å². The number of carbonyl (C=O) groups excluding carboxylic acids is 1. The van der Waals surface area contributed by atoms with Gasteiger partial charge >= 0.3 is 0 Å². The number of hydrogen-bond acceptors (Lipinski definition) is 5. The first-order valence-electron chi connectivity index (χ1n) is 10.2. The van der Waals surface area contributed by atoms with E-state index in [1.165, 1.54) is 24.2 Å². The first kappa shape index (κ1) is 21.3. The quantitative estimate of drug-likeness (QED) is 0.562. The number of hydrogen-bond donors (Lipinski definition) is 1. The second-order valence-corrected chi connectivity index (χ2v) is 8.69. The van der Waals surface area contributed by atoms with Crippen molar-refractivity contribution in [1.82, 2.24) is 14.8 Å². The summed E-state index contributed by atoms with van der Waals surface area (Å²) >= 11 is 1.27. The molecule has 9 heteroatoms. The maximum absolute atomic E-state index is 13.4. The van der Waals surface area contributed by atoms with Crippen molar-refractivity contribution >= 4 is 29.3 Å². The summed E-state index contributed by atoms with van der Waals surface area (Å²) in [6, 6.07) is 13.1. The highest BCUT2D eigenvalue weighted by atomic mass is 32.2. The maximum Gasteiger partial charge on any atom is 0.237 e. The van der Waals surface area contributed by atoms with E-state index in [1.54, 1.807) is 6.92 Å². The third-order valence-corrected chi connectivity index (χ3v) is 6.15. The van der Waals surface area contributed by atoms with E-state index in [9.17, 15) is 13.6 Å². The highest BCUT2D eigenvalue weighted by Crippen LogP contribution is 2.31. The Morgan fingerprint density at radius 2 is 1.77 bits per heavy atom. The highest BCUT2D eigenvalue weighted by Gasteiger charge is 2.24. The van der Waals surface area contributed by atoms with Gasteiger partial charge in [-0.3, -0.25) is 9.36 Å². The predicted molar refractivity (Wildman–Crippen MR) is 118 cm³/mol. The lowest BCUT2D eigenvalue weighted by Gasteiger charge is -2.28. The topological polar surface area (TPSA) is 63.1 Å². The van der Waals surface area contributed by atoms with Crippen LogP contribution in [0.15, 0.2) is 53.7 Å². The Morgan fingerprint density at radius 3 is 2.48 bits per heavy atom. The first-order valence-corrected chi connectivity index (χ1v) is 11.1. The largest absolute Gasteiger partial charge is 0.341 e. The number of carbonyl (C=O) groups is 1. The number of thioether (sulfide) groups is 1. The number of nitrogens with zero attached hydrogens (tertiary/aromatic N) is 4. The summed E-state index contributed by atoms with van der Waals surface area (Å²) < 4.78 is 28.5. The number of benzene rings is 2. The predicted octanol–water partition coefficient (Wildman–Crippen LogP) is 4.66. The van der Waals surface area contributed by atoms with E-state index < -0.39 is 16.9 Å². The summed E-state index contributed by atoms with van der Waals surface area (Å²) in [5, 5.41) is 11.5. The third-order valence-electron chi connectivity index (χ3n) is 5.11. The van der Waals surface area contributed by atoms with E-state index in [-0.39, 0.29) is 11.6 Å². The zero-order valence-electron chi connectivity index (χ0n) is 17.1. The fourth-order valence-electron chi connectivity index (χ4n) is 3.47. The minimum absolute atomic E-state index is 0.204. The van der Waals surface area contributed by atoms with Crippen molar-refractivity contribution in [3.8, 4) is 5.69 Å². The Bertz CT molecular complexity index is 1050. The van der Waals surface area contributed by atoms with Crippen LogP contribution in [-0.2, 0) is 4.79 Å². The lowest BCUT2D eigenvalue weighted by Crippen LogP contribution is -2.31. The number of rotatable bonds is 6. The van der Waals surface area contributed by atoms with E-state index in [4.69, 9.17) is 0 Å². The molecule has 1 aliphatic rings. The van der Waals surface area contributed by atoms with Gasteiger partial charge in [0.25, 0.3) is 0 Å². The van der Waals surface area contributed by atoms with Gasteiger partial charge in [-0.05, 0) is 50.5 Å². The number of aromatic nitrogens is 3. The van der Waals surface area contributed by atoms with E-state index >= 15 is 0 Å². The second-order valence-electron chi connectivity index (χ2n) is 7.38. The van der Waals surface area contributed by atoms with Crippen LogP contribution in [0.25, 0.3) is 5.69 Å². The number of para-hydroxylation sites is 1. The SMILES string of the molecule is CC(Sc1nnc(N2CCCCC2)n1-c1ccccc1)C(=O)Nc1ccc(F)c(F)c1. The Kier molecular flexibility index (Phi) is 6.50. The molecule has 31 heavy (non-hydrogen) atoms. The summed E-state index contributed by atoms with van der Waals surface area (Å²) in [6.07, 6.45) is 3.42. The standard InChI is InChI=1S/C22H23F2N5OS/c1-15(20(30)25-16-10-11-18(23)19(24)14-16)31-22-27-26-21(28-12-6-3-7-13-28)29(22)17-8-4-2-5-9-17/h2,4-5,8-11,14-15H,3,6-7,12-13H2,1H3,(H,25,30). The third kappa shape index (κ3) is 4.87. The number of anilines is 2. The van der Waals surface area contributed by atoms with Gasteiger partial charge in [-0.15, -0.1) is 10.2 Å². The van der Waals surface area contributed by atoms with Crippen molar-refractivity contribution < 1.29 is 13.6 Å². The Labute approximate surface area is 183 Å². The van der Waals surface area contributed by atoms with Crippen LogP contribution in [0.2, 0.25) is 0 Å².